The molecule has 0 aromatic carbocycles. The maximum Gasteiger partial charge on any atom is 0.261 e. The lowest BCUT2D eigenvalue weighted by atomic mass is 9.80. The van der Waals surface area contributed by atoms with Crippen molar-refractivity contribution in [3.8, 4) is 0 Å². The molecule has 0 amide bonds. The van der Waals surface area contributed by atoms with Crippen molar-refractivity contribution in [2.24, 2.45) is 11.7 Å². The molecule has 4 aliphatic rings. The molecule has 1 aliphatic carbocycles. The van der Waals surface area contributed by atoms with Crippen LogP contribution in [0.15, 0.2) is 30.0 Å². The standard InChI is InChI=1S/C22H30F4N6/c23-15-1-2-18(24)17(7-15)21-19(27)8-16(32-10-14-9-28-29-20(14)12-32)11-31(21)6-5-30-4-3-22(25,26)13-30/h1-2,9,16-17,19,21H,3-8,10-13,27H2,(H,28,29)/t16?,17?,19?,21-/m1/s1. The molecule has 0 spiro atoms. The summed E-state index contributed by atoms with van der Waals surface area (Å²) in [5, 5.41) is 7.19. The van der Waals surface area contributed by atoms with Gasteiger partial charge in [-0.05, 0) is 18.6 Å². The fourth-order valence-electron chi connectivity index (χ4n) is 5.81. The highest BCUT2D eigenvalue weighted by molar-refractivity contribution is 5.24. The van der Waals surface area contributed by atoms with Gasteiger partial charge in [-0.25, -0.2) is 17.6 Å². The van der Waals surface area contributed by atoms with Gasteiger partial charge in [-0.1, -0.05) is 0 Å². The van der Waals surface area contributed by atoms with Crippen LogP contribution in [-0.4, -0.2) is 81.7 Å². The first-order valence-corrected chi connectivity index (χ1v) is 11.4. The maximum atomic E-state index is 14.8. The van der Waals surface area contributed by atoms with Gasteiger partial charge in [-0.15, -0.1) is 0 Å². The highest BCUT2D eigenvalue weighted by atomic mass is 19.3. The van der Waals surface area contributed by atoms with Crippen LogP contribution in [0.1, 0.15) is 30.5 Å². The summed E-state index contributed by atoms with van der Waals surface area (Å²) in [7, 11) is 0. The van der Waals surface area contributed by atoms with E-state index in [1.165, 1.54) is 17.7 Å². The maximum absolute atomic E-state index is 14.8. The Hall–Kier alpha value is -1.75. The third-order valence-corrected chi connectivity index (χ3v) is 7.46. The number of hydrogen-bond acceptors (Lipinski definition) is 5. The zero-order valence-electron chi connectivity index (χ0n) is 18.0. The molecule has 2 fully saturated rings. The van der Waals surface area contributed by atoms with E-state index in [9.17, 15) is 17.6 Å². The average molecular weight is 455 g/mol. The zero-order chi connectivity index (χ0) is 22.5. The van der Waals surface area contributed by atoms with Crippen molar-refractivity contribution in [3.05, 3.63) is 41.3 Å². The molecule has 4 atom stereocenters. The van der Waals surface area contributed by atoms with Crippen LogP contribution in [-0.2, 0) is 13.1 Å². The monoisotopic (exact) mass is 454 g/mol. The quantitative estimate of drug-likeness (QED) is 0.670. The van der Waals surface area contributed by atoms with E-state index >= 15 is 0 Å². The van der Waals surface area contributed by atoms with Gasteiger partial charge in [0, 0.05) is 87.9 Å². The minimum Gasteiger partial charge on any atom is -0.326 e. The topological polar surface area (TPSA) is 64.4 Å². The number of piperidine rings is 1. The van der Waals surface area contributed by atoms with E-state index in [1.807, 2.05) is 6.20 Å². The summed E-state index contributed by atoms with van der Waals surface area (Å²) in [5.74, 6) is -4.01. The van der Waals surface area contributed by atoms with Gasteiger partial charge in [0.1, 0.15) is 11.7 Å². The summed E-state index contributed by atoms with van der Waals surface area (Å²) in [5.41, 5.74) is 8.81. The normalized spacial score (nSPS) is 33.9. The highest BCUT2D eigenvalue weighted by Gasteiger charge is 2.44. The number of halogens is 4. The molecule has 32 heavy (non-hydrogen) atoms. The average Bonchev–Trinajstić information content (AvgIpc) is 3.42. The number of likely N-dealkylation sites (tertiary alicyclic amines) is 2. The summed E-state index contributed by atoms with van der Waals surface area (Å²) in [6.07, 6.45) is 4.80. The Bertz CT molecular complexity index is 878. The van der Waals surface area contributed by atoms with Crippen molar-refractivity contribution in [1.82, 2.24) is 24.9 Å². The van der Waals surface area contributed by atoms with Gasteiger partial charge >= 0.3 is 0 Å². The molecular formula is C22H30F4N6. The molecule has 0 bridgehead atoms. The molecule has 3 unspecified atom stereocenters. The van der Waals surface area contributed by atoms with E-state index < -0.39 is 11.8 Å². The lowest BCUT2D eigenvalue weighted by Gasteiger charge is -2.49. The second-order valence-electron chi connectivity index (χ2n) is 9.66. The SMILES string of the molecule is NC1CC(N2Cc3c[nH]nc3C2)CN(CCN2CCC(F)(F)C2)[C@@H]1C1CC(F)=CC=C1F. The lowest BCUT2D eigenvalue weighted by Crippen LogP contribution is -2.63. The largest absolute Gasteiger partial charge is 0.326 e. The Kier molecular flexibility index (Phi) is 5.90. The number of nitrogens with one attached hydrogen (secondary N) is 1. The van der Waals surface area contributed by atoms with Crippen LogP contribution in [0, 0.1) is 5.92 Å². The summed E-state index contributed by atoms with van der Waals surface area (Å²) in [6, 6.07) is -0.574. The van der Waals surface area contributed by atoms with Gasteiger partial charge in [-0.2, -0.15) is 5.10 Å². The van der Waals surface area contributed by atoms with Gasteiger partial charge in [0.05, 0.1) is 12.2 Å². The predicted molar refractivity (Wildman–Crippen MR) is 112 cm³/mol. The molecule has 3 aliphatic heterocycles. The van der Waals surface area contributed by atoms with Crippen LogP contribution in [0.5, 0.6) is 0 Å². The zero-order valence-corrected chi connectivity index (χ0v) is 18.0. The van der Waals surface area contributed by atoms with Crippen LogP contribution in [0.25, 0.3) is 0 Å². The smallest absolute Gasteiger partial charge is 0.261 e. The summed E-state index contributed by atoms with van der Waals surface area (Å²) in [4.78, 5) is 6.20. The Balaban J connectivity index is 1.32. The fraction of sp³-hybridized carbons (Fsp3) is 0.682. The molecule has 0 radical (unpaired) electrons. The van der Waals surface area contributed by atoms with E-state index in [1.54, 1.807) is 4.90 Å². The number of nitrogens with zero attached hydrogens (tertiary/aromatic N) is 4. The van der Waals surface area contributed by atoms with Crippen molar-refractivity contribution >= 4 is 0 Å². The lowest BCUT2D eigenvalue weighted by molar-refractivity contribution is 0.00183. The molecule has 5 rings (SSSR count). The molecular weight excluding hydrogens is 424 g/mol. The number of aromatic nitrogens is 2. The Morgan fingerprint density at radius 1 is 1.19 bits per heavy atom. The number of allylic oxidation sites excluding steroid dienone is 3. The van der Waals surface area contributed by atoms with E-state index in [4.69, 9.17) is 5.73 Å². The van der Waals surface area contributed by atoms with Gasteiger partial charge < -0.3 is 5.73 Å². The Labute approximate surface area is 185 Å². The van der Waals surface area contributed by atoms with E-state index in [0.29, 0.717) is 32.6 Å². The highest BCUT2D eigenvalue weighted by Crippen LogP contribution is 2.37. The minimum atomic E-state index is -2.65. The number of rotatable bonds is 5. The number of fused-ring (bicyclic) bond motifs is 1. The summed E-state index contributed by atoms with van der Waals surface area (Å²) in [6.45, 7) is 3.21. The number of H-pyrrole nitrogens is 1. The minimum absolute atomic E-state index is 0.0112. The van der Waals surface area contributed by atoms with Crippen LogP contribution >= 0.6 is 0 Å². The van der Waals surface area contributed by atoms with Crippen LogP contribution < -0.4 is 5.73 Å². The summed E-state index contributed by atoms with van der Waals surface area (Å²) >= 11 is 0. The van der Waals surface area contributed by atoms with Crippen molar-refractivity contribution in [2.75, 3.05) is 32.7 Å². The second-order valence-corrected chi connectivity index (χ2v) is 9.66. The third-order valence-electron chi connectivity index (χ3n) is 7.46. The van der Waals surface area contributed by atoms with Gasteiger partial charge in [0.25, 0.3) is 5.92 Å². The predicted octanol–water partition coefficient (Wildman–Crippen LogP) is 2.56. The second kappa shape index (κ2) is 8.55. The fourth-order valence-corrected chi connectivity index (χ4v) is 5.81. The van der Waals surface area contributed by atoms with Crippen LogP contribution in [0.2, 0.25) is 0 Å². The number of alkyl halides is 2. The molecule has 10 heteroatoms. The van der Waals surface area contributed by atoms with Gasteiger partial charge in [0.15, 0.2) is 0 Å². The van der Waals surface area contributed by atoms with Crippen molar-refractivity contribution in [1.29, 1.82) is 0 Å². The summed E-state index contributed by atoms with van der Waals surface area (Å²) < 4.78 is 56.1. The van der Waals surface area contributed by atoms with E-state index in [-0.39, 0.29) is 49.2 Å². The molecule has 6 nitrogen and oxygen atoms in total. The van der Waals surface area contributed by atoms with Gasteiger partial charge in [-0.3, -0.25) is 19.8 Å². The molecule has 2 saturated heterocycles. The van der Waals surface area contributed by atoms with Crippen molar-refractivity contribution < 1.29 is 17.6 Å². The van der Waals surface area contributed by atoms with Gasteiger partial charge in [0.2, 0.25) is 0 Å². The number of hydrogen-bond donors (Lipinski definition) is 2. The number of aromatic amines is 1. The Morgan fingerprint density at radius 3 is 2.78 bits per heavy atom. The van der Waals surface area contributed by atoms with Crippen LogP contribution in [0.3, 0.4) is 0 Å². The van der Waals surface area contributed by atoms with Crippen LogP contribution in [0.4, 0.5) is 17.6 Å². The first-order chi connectivity index (χ1) is 15.3. The molecule has 1 aromatic heterocycles. The first kappa shape index (κ1) is 22.1. The molecule has 176 valence electrons. The first-order valence-electron chi connectivity index (χ1n) is 11.4. The third kappa shape index (κ3) is 4.37. The number of nitrogens with two attached hydrogens (primary N) is 1. The van der Waals surface area contributed by atoms with E-state index in [2.05, 4.69) is 20.0 Å². The molecule has 4 heterocycles. The Morgan fingerprint density at radius 2 is 2.03 bits per heavy atom. The van der Waals surface area contributed by atoms with E-state index in [0.717, 1.165) is 18.8 Å². The molecule has 0 saturated carbocycles. The molecule has 3 N–H and O–H groups in total. The molecule has 1 aromatic rings. The van der Waals surface area contributed by atoms with Crippen molar-refractivity contribution in [2.45, 2.75) is 56.4 Å². The van der Waals surface area contributed by atoms with Crippen molar-refractivity contribution in [3.63, 3.8) is 0 Å².